The number of rotatable bonds is 5. The topological polar surface area (TPSA) is 107 Å². The SMILES string of the molecule is CC(Sc1nc2c(cnn2-c2ccc([N+](=O)[O-])cc2)c(=O)[nH]1)c1ccccc1. The molecule has 0 aliphatic heterocycles. The van der Waals surface area contributed by atoms with Crippen molar-refractivity contribution in [1.29, 1.82) is 0 Å². The second-order valence-electron chi connectivity index (χ2n) is 6.11. The van der Waals surface area contributed by atoms with Crippen LogP contribution in [0.4, 0.5) is 5.69 Å². The molecule has 0 saturated carbocycles. The van der Waals surface area contributed by atoms with Crippen LogP contribution in [-0.4, -0.2) is 24.7 Å². The fourth-order valence-electron chi connectivity index (χ4n) is 2.82. The number of fused-ring (bicyclic) bond motifs is 1. The van der Waals surface area contributed by atoms with Crippen LogP contribution in [0.2, 0.25) is 0 Å². The zero-order valence-corrected chi connectivity index (χ0v) is 15.6. The van der Waals surface area contributed by atoms with Gasteiger partial charge in [0.1, 0.15) is 5.39 Å². The molecule has 0 aliphatic rings. The molecule has 1 atom stereocenters. The number of nitro groups is 1. The molecule has 4 rings (SSSR count). The van der Waals surface area contributed by atoms with Crippen LogP contribution in [0, 0.1) is 10.1 Å². The minimum Gasteiger partial charge on any atom is -0.301 e. The molecule has 2 heterocycles. The van der Waals surface area contributed by atoms with Crippen molar-refractivity contribution >= 4 is 28.5 Å². The van der Waals surface area contributed by atoms with Crippen molar-refractivity contribution in [2.24, 2.45) is 0 Å². The quantitative estimate of drug-likeness (QED) is 0.239. The number of aromatic nitrogens is 4. The summed E-state index contributed by atoms with van der Waals surface area (Å²) in [6.07, 6.45) is 1.44. The van der Waals surface area contributed by atoms with Crippen molar-refractivity contribution in [1.82, 2.24) is 19.7 Å². The lowest BCUT2D eigenvalue weighted by Crippen LogP contribution is -2.10. The Bertz CT molecular complexity index is 1200. The zero-order valence-electron chi connectivity index (χ0n) is 14.8. The van der Waals surface area contributed by atoms with Crippen LogP contribution in [0.25, 0.3) is 16.7 Å². The highest BCUT2D eigenvalue weighted by molar-refractivity contribution is 7.99. The first-order valence-electron chi connectivity index (χ1n) is 8.47. The zero-order chi connectivity index (χ0) is 19.7. The number of nitrogens with one attached hydrogen (secondary N) is 1. The smallest absolute Gasteiger partial charge is 0.269 e. The van der Waals surface area contributed by atoms with Crippen molar-refractivity contribution in [3.8, 4) is 5.69 Å². The van der Waals surface area contributed by atoms with Gasteiger partial charge in [0.15, 0.2) is 10.8 Å². The molecule has 0 bridgehead atoms. The lowest BCUT2D eigenvalue weighted by Gasteiger charge is -2.11. The van der Waals surface area contributed by atoms with E-state index in [1.54, 1.807) is 12.1 Å². The van der Waals surface area contributed by atoms with Crippen LogP contribution in [-0.2, 0) is 0 Å². The highest BCUT2D eigenvalue weighted by atomic mass is 32.2. The van der Waals surface area contributed by atoms with E-state index in [9.17, 15) is 14.9 Å². The van der Waals surface area contributed by atoms with Gasteiger partial charge in [0.25, 0.3) is 11.2 Å². The number of thioether (sulfide) groups is 1. The predicted octanol–water partition coefficient (Wildman–Crippen LogP) is 3.87. The van der Waals surface area contributed by atoms with Gasteiger partial charge in [-0.05, 0) is 24.6 Å². The van der Waals surface area contributed by atoms with E-state index in [2.05, 4.69) is 15.1 Å². The number of benzene rings is 2. The standard InChI is InChI=1S/C19H15N5O3S/c1-12(13-5-3-2-4-6-13)28-19-21-17-16(18(25)22-19)11-20-23(17)14-7-9-15(10-8-14)24(26)27/h2-12H,1H3,(H,21,22,25). The largest absolute Gasteiger partial charge is 0.301 e. The molecule has 0 spiro atoms. The molecule has 0 amide bonds. The minimum absolute atomic E-state index is 0.0149. The molecule has 0 aliphatic carbocycles. The Kier molecular flexibility index (Phi) is 4.66. The fourth-order valence-corrected chi connectivity index (χ4v) is 3.74. The van der Waals surface area contributed by atoms with Crippen molar-refractivity contribution in [3.63, 3.8) is 0 Å². The number of aromatic amines is 1. The van der Waals surface area contributed by atoms with Gasteiger partial charge in [0.05, 0.1) is 16.8 Å². The van der Waals surface area contributed by atoms with E-state index in [1.807, 2.05) is 37.3 Å². The van der Waals surface area contributed by atoms with Gasteiger partial charge in [-0.3, -0.25) is 14.9 Å². The fraction of sp³-hybridized carbons (Fsp3) is 0.105. The summed E-state index contributed by atoms with van der Waals surface area (Å²) in [4.78, 5) is 30.2. The van der Waals surface area contributed by atoms with E-state index in [0.29, 0.717) is 21.9 Å². The van der Waals surface area contributed by atoms with E-state index < -0.39 is 4.92 Å². The Morgan fingerprint density at radius 2 is 1.86 bits per heavy atom. The van der Waals surface area contributed by atoms with Crippen molar-refractivity contribution in [2.75, 3.05) is 0 Å². The molecule has 8 nitrogen and oxygen atoms in total. The van der Waals surface area contributed by atoms with Gasteiger partial charge >= 0.3 is 0 Å². The average Bonchev–Trinajstić information content (AvgIpc) is 3.13. The molecular weight excluding hydrogens is 378 g/mol. The summed E-state index contributed by atoms with van der Waals surface area (Å²) >= 11 is 1.44. The molecule has 0 radical (unpaired) electrons. The van der Waals surface area contributed by atoms with Gasteiger partial charge in [0, 0.05) is 17.4 Å². The van der Waals surface area contributed by atoms with Gasteiger partial charge in [-0.25, -0.2) is 9.67 Å². The first-order valence-corrected chi connectivity index (χ1v) is 9.35. The van der Waals surface area contributed by atoms with E-state index >= 15 is 0 Å². The number of hydrogen-bond donors (Lipinski definition) is 1. The molecular formula is C19H15N5O3S. The maximum absolute atomic E-state index is 12.5. The maximum atomic E-state index is 12.5. The Balaban J connectivity index is 1.72. The third-order valence-electron chi connectivity index (χ3n) is 4.28. The normalized spacial score (nSPS) is 12.2. The van der Waals surface area contributed by atoms with Crippen LogP contribution in [0.15, 0.2) is 70.7 Å². The first-order chi connectivity index (χ1) is 13.5. The Labute approximate surface area is 163 Å². The molecule has 0 saturated heterocycles. The Hall–Kier alpha value is -3.46. The Morgan fingerprint density at radius 3 is 2.54 bits per heavy atom. The van der Waals surface area contributed by atoms with E-state index in [-0.39, 0.29) is 16.5 Å². The molecule has 28 heavy (non-hydrogen) atoms. The summed E-state index contributed by atoms with van der Waals surface area (Å²) in [5.41, 5.74) is 1.82. The summed E-state index contributed by atoms with van der Waals surface area (Å²) in [5.74, 6) is 0. The molecule has 1 unspecified atom stereocenters. The number of nitrogens with zero attached hydrogens (tertiary/aromatic N) is 4. The third kappa shape index (κ3) is 3.39. The monoisotopic (exact) mass is 393 g/mol. The highest BCUT2D eigenvalue weighted by Gasteiger charge is 2.15. The molecule has 9 heteroatoms. The number of hydrogen-bond acceptors (Lipinski definition) is 6. The predicted molar refractivity (Wildman–Crippen MR) is 107 cm³/mol. The molecule has 4 aromatic rings. The van der Waals surface area contributed by atoms with Crippen LogP contribution in [0.3, 0.4) is 0 Å². The van der Waals surface area contributed by atoms with Crippen molar-refractivity contribution < 1.29 is 4.92 Å². The molecule has 0 fully saturated rings. The van der Waals surface area contributed by atoms with Crippen molar-refractivity contribution in [3.05, 3.63) is 86.8 Å². The number of non-ortho nitro benzene ring substituents is 1. The lowest BCUT2D eigenvalue weighted by molar-refractivity contribution is -0.384. The van der Waals surface area contributed by atoms with E-state index in [1.165, 1.54) is 34.8 Å². The second kappa shape index (κ2) is 7.28. The summed E-state index contributed by atoms with van der Waals surface area (Å²) in [6.45, 7) is 2.04. The molecule has 2 aromatic heterocycles. The molecule has 2 aromatic carbocycles. The summed E-state index contributed by atoms with van der Waals surface area (Å²) in [6, 6.07) is 15.9. The minimum atomic E-state index is -0.465. The van der Waals surface area contributed by atoms with Crippen LogP contribution >= 0.6 is 11.8 Å². The van der Waals surface area contributed by atoms with Gasteiger partial charge in [-0.15, -0.1) is 0 Å². The van der Waals surface area contributed by atoms with E-state index in [0.717, 1.165) is 5.56 Å². The lowest BCUT2D eigenvalue weighted by atomic mass is 10.2. The van der Waals surface area contributed by atoms with Gasteiger partial charge in [0.2, 0.25) is 0 Å². The second-order valence-corrected chi connectivity index (χ2v) is 7.44. The molecule has 140 valence electrons. The van der Waals surface area contributed by atoms with Crippen LogP contribution < -0.4 is 5.56 Å². The summed E-state index contributed by atoms with van der Waals surface area (Å²) in [5, 5.41) is 16.0. The summed E-state index contributed by atoms with van der Waals surface area (Å²) in [7, 11) is 0. The summed E-state index contributed by atoms with van der Waals surface area (Å²) < 4.78 is 1.51. The highest BCUT2D eigenvalue weighted by Crippen LogP contribution is 2.32. The Morgan fingerprint density at radius 1 is 1.14 bits per heavy atom. The first kappa shape index (κ1) is 17.9. The average molecular weight is 393 g/mol. The third-order valence-corrected chi connectivity index (χ3v) is 5.32. The number of H-pyrrole nitrogens is 1. The van der Waals surface area contributed by atoms with Crippen LogP contribution in [0.1, 0.15) is 17.7 Å². The van der Waals surface area contributed by atoms with E-state index in [4.69, 9.17) is 0 Å². The van der Waals surface area contributed by atoms with Crippen molar-refractivity contribution in [2.45, 2.75) is 17.3 Å². The molecule has 1 N–H and O–H groups in total. The van der Waals surface area contributed by atoms with Crippen LogP contribution in [0.5, 0.6) is 0 Å². The number of nitro benzene ring substituents is 1. The van der Waals surface area contributed by atoms with Gasteiger partial charge in [-0.1, -0.05) is 42.1 Å². The van der Waals surface area contributed by atoms with Gasteiger partial charge < -0.3 is 4.98 Å². The van der Waals surface area contributed by atoms with Gasteiger partial charge in [-0.2, -0.15) is 5.10 Å². The maximum Gasteiger partial charge on any atom is 0.269 e.